The summed E-state index contributed by atoms with van der Waals surface area (Å²) in [5.74, 6) is -3.36. The first-order valence-corrected chi connectivity index (χ1v) is 6.36. The zero-order valence-electron chi connectivity index (χ0n) is 10.6. The van der Waals surface area contributed by atoms with Gasteiger partial charge in [0.25, 0.3) is 0 Å². The average Bonchev–Trinajstić information content (AvgIpc) is 2.21. The molecule has 2 nitrogen and oxygen atoms in total. The monoisotopic (exact) mass is 277 g/mol. The Labute approximate surface area is 107 Å². The van der Waals surface area contributed by atoms with Gasteiger partial charge in [-0.25, -0.2) is 17.4 Å². The molecule has 0 aliphatic carbocycles. The number of rotatable bonds is 2. The summed E-state index contributed by atoms with van der Waals surface area (Å²) in [6.07, 6.45) is 0. The Morgan fingerprint density at radius 2 is 1.61 bits per heavy atom. The fourth-order valence-corrected chi connectivity index (χ4v) is 1.73. The first kappa shape index (κ1) is 14.9. The minimum Gasteiger partial charge on any atom is -0.234 e. The van der Waals surface area contributed by atoms with Gasteiger partial charge in [0.15, 0.2) is 11.6 Å². The highest BCUT2D eigenvalue weighted by Crippen LogP contribution is 2.17. The van der Waals surface area contributed by atoms with Crippen LogP contribution in [-0.2, 0) is 11.0 Å². The minimum absolute atomic E-state index is 0.0691. The Balaban J connectivity index is 3.19. The molecule has 0 spiro atoms. The van der Waals surface area contributed by atoms with E-state index >= 15 is 0 Å². The third-order valence-corrected chi connectivity index (χ3v) is 3.63. The molecule has 0 N–H and O–H groups in total. The molecule has 1 aromatic rings. The lowest BCUT2D eigenvalue weighted by Crippen LogP contribution is -2.21. The first-order chi connectivity index (χ1) is 8.12. The number of nitrogens with zero attached hydrogens (tertiary/aromatic N) is 1. The van der Waals surface area contributed by atoms with Gasteiger partial charge in [-0.1, -0.05) is 0 Å². The lowest BCUT2D eigenvalue weighted by Gasteiger charge is -2.14. The van der Waals surface area contributed by atoms with Crippen molar-refractivity contribution in [1.82, 2.24) is 0 Å². The number of halogens is 3. The largest absolute Gasteiger partial charge is 0.234 e. The van der Waals surface area contributed by atoms with Gasteiger partial charge >= 0.3 is 0 Å². The molecule has 0 aliphatic rings. The van der Waals surface area contributed by atoms with Gasteiger partial charge in [-0.05, 0) is 33.8 Å². The normalized spacial score (nSPS) is 14.7. The van der Waals surface area contributed by atoms with Gasteiger partial charge in [0.05, 0.1) is 10.5 Å². The van der Waals surface area contributed by atoms with Crippen LogP contribution in [0.25, 0.3) is 0 Å². The summed E-state index contributed by atoms with van der Waals surface area (Å²) in [7, 11) is -1.58. The van der Waals surface area contributed by atoms with Gasteiger partial charge < -0.3 is 0 Å². The maximum Gasteiger partial charge on any atom is 0.161 e. The van der Waals surface area contributed by atoms with Crippen molar-refractivity contribution in [3.63, 3.8) is 0 Å². The Morgan fingerprint density at radius 3 is 2.11 bits per heavy atom. The van der Waals surface area contributed by atoms with E-state index in [2.05, 4.69) is 4.40 Å². The van der Waals surface area contributed by atoms with Crippen LogP contribution in [0, 0.1) is 17.5 Å². The van der Waals surface area contributed by atoms with Crippen LogP contribution in [0.5, 0.6) is 0 Å². The van der Waals surface area contributed by atoms with E-state index in [1.54, 1.807) is 20.8 Å². The summed E-state index contributed by atoms with van der Waals surface area (Å²) in [5, 5.41) is 0. The summed E-state index contributed by atoms with van der Waals surface area (Å²) < 4.78 is 54.2. The SMILES string of the molecule is C/C(=N\[S@](=O)C(C)(C)C)c1cc(F)c(F)cc1F. The molecule has 0 saturated heterocycles. The van der Waals surface area contributed by atoms with Crippen LogP contribution in [0.3, 0.4) is 0 Å². The maximum atomic E-state index is 13.4. The zero-order valence-corrected chi connectivity index (χ0v) is 11.4. The molecular weight excluding hydrogens is 263 g/mol. The number of hydrogen-bond donors (Lipinski definition) is 0. The smallest absolute Gasteiger partial charge is 0.161 e. The van der Waals surface area contributed by atoms with Gasteiger partial charge in [-0.3, -0.25) is 0 Å². The van der Waals surface area contributed by atoms with Crippen molar-refractivity contribution in [3.05, 3.63) is 35.1 Å². The van der Waals surface area contributed by atoms with E-state index in [4.69, 9.17) is 0 Å². The Morgan fingerprint density at radius 1 is 1.11 bits per heavy atom. The summed E-state index contributed by atoms with van der Waals surface area (Å²) in [6.45, 7) is 6.53. The molecule has 0 aromatic heterocycles. The molecule has 0 fully saturated rings. The molecule has 0 amide bonds. The van der Waals surface area contributed by atoms with Crippen LogP contribution in [0.1, 0.15) is 33.3 Å². The van der Waals surface area contributed by atoms with Crippen molar-refractivity contribution in [3.8, 4) is 0 Å². The second kappa shape index (κ2) is 5.22. The van der Waals surface area contributed by atoms with E-state index in [0.717, 1.165) is 0 Å². The summed E-state index contributed by atoms with van der Waals surface area (Å²) in [6, 6.07) is 1.16. The lowest BCUT2D eigenvalue weighted by molar-refractivity contribution is 0.494. The van der Waals surface area contributed by atoms with Crippen molar-refractivity contribution in [2.45, 2.75) is 32.4 Å². The topological polar surface area (TPSA) is 29.4 Å². The molecule has 0 unspecified atom stereocenters. The molecule has 1 aromatic carbocycles. The first-order valence-electron chi connectivity index (χ1n) is 5.25. The molecule has 1 atom stereocenters. The molecule has 0 bridgehead atoms. The number of hydrogen-bond acceptors (Lipinski definition) is 1. The van der Waals surface area contributed by atoms with Gasteiger partial charge in [0.1, 0.15) is 16.8 Å². The van der Waals surface area contributed by atoms with E-state index in [-0.39, 0.29) is 11.3 Å². The molecule has 0 radical (unpaired) electrons. The quantitative estimate of drug-likeness (QED) is 0.602. The predicted molar refractivity (Wildman–Crippen MR) is 66.4 cm³/mol. The lowest BCUT2D eigenvalue weighted by atomic mass is 10.1. The second-order valence-electron chi connectivity index (χ2n) is 4.78. The minimum atomic E-state index is -1.58. The van der Waals surface area contributed by atoms with Crippen LogP contribution < -0.4 is 0 Å². The standard InChI is InChI=1S/C12H14F3NOS/c1-7(16-18(17)12(2,3)4)8-5-10(14)11(15)6-9(8)13/h5-6H,1-4H3/b16-7+/t18-/m1/s1. The van der Waals surface area contributed by atoms with Gasteiger partial charge in [-0.15, -0.1) is 0 Å². The fourth-order valence-electron chi connectivity index (χ4n) is 1.11. The molecule has 0 aliphatic heterocycles. The fraction of sp³-hybridized carbons (Fsp3) is 0.417. The maximum absolute atomic E-state index is 13.4. The highest BCUT2D eigenvalue weighted by atomic mass is 32.2. The average molecular weight is 277 g/mol. The third kappa shape index (κ3) is 3.41. The Kier molecular flexibility index (Phi) is 4.32. The van der Waals surface area contributed by atoms with E-state index in [1.165, 1.54) is 6.92 Å². The van der Waals surface area contributed by atoms with Crippen LogP contribution in [0.15, 0.2) is 16.5 Å². The number of benzene rings is 1. The summed E-state index contributed by atoms with van der Waals surface area (Å²) in [5.41, 5.74) is -0.119. The van der Waals surface area contributed by atoms with E-state index in [0.29, 0.717) is 12.1 Å². The van der Waals surface area contributed by atoms with Crippen molar-refractivity contribution in [1.29, 1.82) is 0 Å². The molecular formula is C12H14F3NOS. The molecule has 6 heteroatoms. The van der Waals surface area contributed by atoms with E-state index < -0.39 is 33.2 Å². The highest BCUT2D eigenvalue weighted by molar-refractivity contribution is 7.85. The van der Waals surface area contributed by atoms with Crippen LogP contribution in [0.4, 0.5) is 13.2 Å². The van der Waals surface area contributed by atoms with E-state index in [1.807, 2.05) is 0 Å². The highest BCUT2D eigenvalue weighted by Gasteiger charge is 2.20. The van der Waals surface area contributed by atoms with Crippen molar-refractivity contribution in [2.75, 3.05) is 0 Å². The second-order valence-corrected chi connectivity index (χ2v) is 6.69. The molecule has 1 rings (SSSR count). The van der Waals surface area contributed by atoms with Gasteiger partial charge in [0.2, 0.25) is 0 Å². The van der Waals surface area contributed by atoms with Gasteiger partial charge in [0, 0.05) is 11.6 Å². The van der Waals surface area contributed by atoms with Crippen molar-refractivity contribution >= 4 is 16.7 Å². The zero-order chi connectivity index (χ0) is 14.1. The predicted octanol–water partition coefficient (Wildman–Crippen LogP) is 3.38. The summed E-state index contributed by atoms with van der Waals surface area (Å²) >= 11 is 0. The van der Waals surface area contributed by atoms with E-state index in [9.17, 15) is 17.4 Å². The van der Waals surface area contributed by atoms with Gasteiger partial charge in [-0.2, -0.15) is 4.40 Å². The Hall–Kier alpha value is -1.17. The van der Waals surface area contributed by atoms with Crippen LogP contribution in [-0.4, -0.2) is 14.7 Å². The van der Waals surface area contributed by atoms with Crippen LogP contribution >= 0.6 is 0 Å². The molecule has 100 valence electrons. The molecule has 0 saturated carbocycles. The molecule has 0 heterocycles. The van der Waals surface area contributed by atoms with Crippen LogP contribution in [0.2, 0.25) is 0 Å². The third-order valence-electron chi connectivity index (χ3n) is 2.14. The van der Waals surface area contributed by atoms with Crippen molar-refractivity contribution < 1.29 is 17.4 Å². The molecule has 18 heavy (non-hydrogen) atoms. The summed E-state index contributed by atoms with van der Waals surface area (Å²) in [4.78, 5) is 0. The van der Waals surface area contributed by atoms with Crippen molar-refractivity contribution in [2.24, 2.45) is 4.40 Å². The Bertz CT molecular complexity index is 521.